The second kappa shape index (κ2) is 63.6. The number of hydrogen-bond acceptors (Lipinski definition) is 6. The van der Waals surface area contributed by atoms with Gasteiger partial charge in [0.25, 0.3) is 0 Å². The number of unbranched alkanes of at least 4 members (excludes halogenated alkanes) is 39. The van der Waals surface area contributed by atoms with Gasteiger partial charge >= 0.3 is 17.9 Å². The summed E-state index contributed by atoms with van der Waals surface area (Å²) in [6, 6.07) is 0. The molecule has 0 bridgehead atoms. The number of allylic oxidation sites excluding steroid dienone is 10. The van der Waals surface area contributed by atoms with Gasteiger partial charge in [-0.2, -0.15) is 0 Å². The van der Waals surface area contributed by atoms with Gasteiger partial charge < -0.3 is 14.2 Å². The van der Waals surface area contributed by atoms with Crippen molar-refractivity contribution in [3.05, 3.63) is 60.8 Å². The zero-order chi connectivity index (χ0) is 54.3. The molecule has 6 heteroatoms. The molecule has 0 aliphatic heterocycles. The van der Waals surface area contributed by atoms with Crippen molar-refractivity contribution in [3.8, 4) is 0 Å². The van der Waals surface area contributed by atoms with E-state index in [9.17, 15) is 14.4 Å². The van der Waals surface area contributed by atoms with E-state index in [-0.39, 0.29) is 31.1 Å². The fourth-order valence-electron chi connectivity index (χ4n) is 9.47. The fraction of sp³-hybridized carbons (Fsp3) is 0.812. The summed E-state index contributed by atoms with van der Waals surface area (Å²) in [4.78, 5) is 38.2. The topological polar surface area (TPSA) is 78.9 Å². The van der Waals surface area contributed by atoms with Gasteiger partial charge in [-0.05, 0) is 96.3 Å². The van der Waals surface area contributed by atoms with Crippen LogP contribution in [0.3, 0.4) is 0 Å². The van der Waals surface area contributed by atoms with Gasteiger partial charge in [0, 0.05) is 19.3 Å². The van der Waals surface area contributed by atoms with E-state index >= 15 is 0 Å². The van der Waals surface area contributed by atoms with Gasteiger partial charge in [-0.3, -0.25) is 14.4 Å². The molecule has 1 unspecified atom stereocenters. The van der Waals surface area contributed by atoms with E-state index in [0.717, 1.165) is 103 Å². The third-order valence-electron chi connectivity index (χ3n) is 14.5. The molecule has 436 valence electrons. The average Bonchev–Trinajstić information content (AvgIpc) is 3.41. The summed E-state index contributed by atoms with van der Waals surface area (Å²) in [5.41, 5.74) is 0. The van der Waals surface area contributed by atoms with E-state index in [1.165, 1.54) is 199 Å². The fourth-order valence-corrected chi connectivity index (χ4v) is 9.47. The molecule has 0 saturated heterocycles. The molecule has 0 heterocycles. The first kappa shape index (κ1) is 72.1. The Morgan fingerprint density at radius 2 is 0.493 bits per heavy atom. The zero-order valence-corrected chi connectivity index (χ0v) is 50.1. The Labute approximate surface area is 466 Å². The second-order valence-electron chi connectivity index (χ2n) is 22.0. The average molecular weight is 1050 g/mol. The number of ether oxygens (including phenoxy) is 3. The van der Waals surface area contributed by atoms with Crippen molar-refractivity contribution < 1.29 is 28.6 Å². The van der Waals surface area contributed by atoms with Crippen LogP contribution in [0, 0.1) is 0 Å². The molecule has 0 aromatic carbocycles. The van der Waals surface area contributed by atoms with Crippen LogP contribution in [-0.2, 0) is 28.6 Å². The van der Waals surface area contributed by atoms with Gasteiger partial charge in [-0.1, -0.05) is 287 Å². The van der Waals surface area contributed by atoms with E-state index in [2.05, 4.69) is 81.5 Å². The summed E-state index contributed by atoms with van der Waals surface area (Å²) in [5.74, 6) is -0.895. The van der Waals surface area contributed by atoms with Crippen LogP contribution in [0.5, 0.6) is 0 Å². The zero-order valence-electron chi connectivity index (χ0n) is 50.1. The molecule has 0 fully saturated rings. The van der Waals surface area contributed by atoms with Crippen molar-refractivity contribution in [1.29, 1.82) is 0 Å². The SMILES string of the molecule is CCCC/C=C\C/C=C\CCCCCCCC(=O)OCC(COC(=O)CCCCCCCCCCCCCCCCCCC/C=C\CCCCCCCCCC)OC(=O)CCCCCCC/C=C\C/C=C\CCCC. The Morgan fingerprint density at radius 3 is 0.787 bits per heavy atom. The van der Waals surface area contributed by atoms with Gasteiger partial charge in [-0.25, -0.2) is 0 Å². The van der Waals surface area contributed by atoms with E-state index in [1.54, 1.807) is 0 Å². The summed E-state index contributed by atoms with van der Waals surface area (Å²) >= 11 is 0. The normalized spacial score (nSPS) is 12.4. The molecule has 0 aliphatic carbocycles. The summed E-state index contributed by atoms with van der Waals surface area (Å²) in [5, 5.41) is 0. The maximum Gasteiger partial charge on any atom is 0.306 e. The molecule has 0 aromatic heterocycles. The van der Waals surface area contributed by atoms with Crippen LogP contribution < -0.4 is 0 Å². The van der Waals surface area contributed by atoms with Gasteiger partial charge in [0.2, 0.25) is 0 Å². The van der Waals surface area contributed by atoms with E-state index in [1.807, 2.05) is 0 Å². The number of carbonyl (C=O) groups is 3. The monoisotopic (exact) mass is 1050 g/mol. The van der Waals surface area contributed by atoms with Gasteiger partial charge in [0.05, 0.1) is 0 Å². The molecule has 0 N–H and O–H groups in total. The number of carbonyl (C=O) groups excluding carboxylic acids is 3. The molecule has 0 aliphatic rings. The largest absolute Gasteiger partial charge is 0.462 e. The summed E-state index contributed by atoms with van der Waals surface area (Å²) in [6.07, 6.45) is 81.0. The first-order chi connectivity index (χ1) is 37.0. The highest BCUT2D eigenvalue weighted by molar-refractivity contribution is 5.71. The predicted octanol–water partition coefficient (Wildman–Crippen LogP) is 22.3. The highest BCUT2D eigenvalue weighted by Gasteiger charge is 2.19. The van der Waals surface area contributed by atoms with E-state index in [0.29, 0.717) is 19.3 Å². The maximum atomic E-state index is 12.9. The van der Waals surface area contributed by atoms with Crippen LogP contribution in [-0.4, -0.2) is 37.2 Å². The van der Waals surface area contributed by atoms with Crippen molar-refractivity contribution >= 4 is 17.9 Å². The molecule has 75 heavy (non-hydrogen) atoms. The van der Waals surface area contributed by atoms with E-state index in [4.69, 9.17) is 14.2 Å². The molecule has 6 nitrogen and oxygen atoms in total. The van der Waals surface area contributed by atoms with Gasteiger partial charge in [0.15, 0.2) is 6.10 Å². The van der Waals surface area contributed by atoms with Gasteiger partial charge in [0.1, 0.15) is 13.2 Å². The molecule has 0 saturated carbocycles. The van der Waals surface area contributed by atoms with Crippen molar-refractivity contribution in [2.45, 2.75) is 348 Å². The number of rotatable bonds is 60. The molecule has 0 radical (unpaired) electrons. The smallest absolute Gasteiger partial charge is 0.306 e. The molecule has 0 amide bonds. The highest BCUT2D eigenvalue weighted by atomic mass is 16.6. The number of hydrogen-bond donors (Lipinski definition) is 0. The quantitative estimate of drug-likeness (QED) is 0.0261. The standard InChI is InChI=1S/C69H124O6/c1-4-7-10-13-16-19-22-25-28-29-30-31-32-33-34-35-36-37-38-39-40-41-42-45-47-50-53-56-59-62-68(71)74-65-66(75-69(72)63-60-57-54-51-48-44-27-24-21-18-15-12-9-6-3)64-73-67(70)61-58-55-52-49-46-43-26-23-20-17-14-11-8-5-2/h14-15,17-18,23-24,26-27,29-30,66H,4-13,16,19-22,25,28,31-65H2,1-3H3/b17-14-,18-15-,26-23-,27-24-,30-29-. The summed E-state index contributed by atoms with van der Waals surface area (Å²) in [7, 11) is 0. The highest BCUT2D eigenvalue weighted by Crippen LogP contribution is 2.17. The Bertz CT molecular complexity index is 1340. The lowest BCUT2D eigenvalue weighted by Gasteiger charge is -2.18. The minimum absolute atomic E-state index is 0.0821. The third-order valence-corrected chi connectivity index (χ3v) is 14.5. The van der Waals surface area contributed by atoms with Crippen LogP contribution in [0.4, 0.5) is 0 Å². The van der Waals surface area contributed by atoms with Crippen LogP contribution in [0.1, 0.15) is 342 Å². The minimum atomic E-state index is -0.787. The van der Waals surface area contributed by atoms with Crippen LogP contribution in [0.15, 0.2) is 60.8 Å². The lowest BCUT2D eigenvalue weighted by Crippen LogP contribution is -2.30. The van der Waals surface area contributed by atoms with E-state index < -0.39 is 6.10 Å². The van der Waals surface area contributed by atoms with Crippen molar-refractivity contribution in [2.24, 2.45) is 0 Å². The first-order valence-electron chi connectivity index (χ1n) is 32.8. The van der Waals surface area contributed by atoms with Crippen molar-refractivity contribution in [3.63, 3.8) is 0 Å². The van der Waals surface area contributed by atoms with Crippen molar-refractivity contribution in [1.82, 2.24) is 0 Å². The Morgan fingerprint density at radius 1 is 0.267 bits per heavy atom. The Balaban J connectivity index is 4.18. The molecular weight excluding hydrogens is 925 g/mol. The molecule has 1 atom stereocenters. The molecule has 0 spiro atoms. The summed E-state index contributed by atoms with van der Waals surface area (Å²) in [6.45, 7) is 6.57. The Hall–Kier alpha value is -2.89. The van der Waals surface area contributed by atoms with Gasteiger partial charge in [-0.15, -0.1) is 0 Å². The summed E-state index contributed by atoms with van der Waals surface area (Å²) < 4.78 is 16.9. The lowest BCUT2D eigenvalue weighted by atomic mass is 10.0. The lowest BCUT2D eigenvalue weighted by molar-refractivity contribution is -0.167. The first-order valence-corrected chi connectivity index (χ1v) is 32.8. The van der Waals surface area contributed by atoms with Crippen molar-refractivity contribution in [2.75, 3.05) is 13.2 Å². The Kier molecular flexibility index (Phi) is 61.2. The van der Waals surface area contributed by atoms with Crippen LogP contribution in [0.25, 0.3) is 0 Å². The second-order valence-corrected chi connectivity index (χ2v) is 22.0. The number of esters is 3. The van der Waals surface area contributed by atoms with Crippen LogP contribution in [0.2, 0.25) is 0 Å². The molecule has 0 aromatic rings. The predicted molar refractivity (Wildman–Crippen MR) is 325 cm³/mol. The minimum Gasteiger partial charge on any atom is -0.462 e. The molecular formula is C69H124O6. The molecule has 0 rings (SSSR count). The third kappa shape index (κ3) is 61.8. The van der Waals surface area contributed by atoms with Crippen LogP contribution >= 0.6 is 0 Å². The maximum absolute atomic E-state index is 12.9.